The normalized spacial score (nSPS) is 12.6. The lowest BCUT2D eigenvalue weighted by molar-refractivity contribution is -0.140. The fourth-order valence-electron chi connectivity index (χ4n) is 4.37. The third-order valence-electron chi connectivity index (χ3n) is 6.87. The van der Waals surface area contributed by atoms with Gasteiger partial charge in [0.15, 0.2) is 0 Å². The van der Waals surface area contributed by atoms with Crippen molar-refractivity contribution in [3.05, 3.63) is 88.9 Å². The summed E-state index contributed by atoms with van der Waals surface area (Å²) in [6.45, 7) is 3.35. The molecule has 0 bridgehead atoms. The van der Waals surface area contributed by atoms with Gasteiger partial charge in [-0.1, -0.05) is 61.0 Å². The van der Waals surface area contributed by atoms with Crippen LogP contribution in [0.15, 0.2) is 72.8 Å². The van der Waals surface area contributed by atoms with Crippen LogP contribution in [-0.2, 0) is 32.6 Å². The van der Waals surface area contributed by atoms with Gasteiger partial charge in [-0.25, -0.2) is 8.42 Å². The largest absolute Gasteiger partial charge is 0.497 e. The van der Waals surface area contributed by atoms with Crippen LogP contribution < -0.4 is 19.1 Å². The van der Waals surface area contributed by atoms with E-state index in [4.69, 9.17) is 21.1 Å². The monoisotopic (exact) mass is 615 g/mol. The highest BCUT2D eigenvalue weighted by atomic mass is 35.5. The summed E-state index contributed by atoms with van der Waals surface area (Å²) in [5, 5.41) is 3.54. The van der Waals surface area contributed by atoms with Gasteiger partial charge in [-0.2, -0.15) is 0 Å². The molecule has 226 valence electrons. The number of carbonyl (C=O) groups excluding carboxylic acids is 2. The summed E-state index contributed by atoms with van der Waals surface area (Å²) < 4.78 is 37.8. The molecule has 0 saturated carbocycles. The molecule has 2 amide bonds. The second-order valence-corrected chi connectivity index (χ2v) is 12.3. The lowest BCUT2D eigenvalue weighted by atomic mass is 10.0. The maximum atomic E-state index is 14.2. The number of halogens is 1. The molecule has 0 aliphatic carbocycles. The Morgan fingerprint density at radius 3 is 2.19 bits per heavy atom. The molecule has 42 heavy (non-hydrogen) atoms. The first-order valence-electron chi connectivity index (χ1n) is 13.5. The van der Waals surface area contributed by atoms with Crippen molar-refractivity contribution in [2.45, 2.75) is 45.3 Å². The molecule has 9 nitrogen and oxygen atoms in total. The molecule has 0 unspecified atom stereocenters. The summed E-state index contributed by atoms with van der Waals surface area (Å²) in [5.41, 5.74) is 1.76. The van der Waals surface area contributed by atoms with Gasteiger partial charge in [-0.3, -0.25) is 13.9 Å². The number of methoxy groups -OCH3 is 2. The van der Waals surface area contributed by atoms with Gasteiger partial charge >= 0.3 is 0 Å². The number of amides is 2. The Morgan fingerprint density at radius 2 is 1.62 bits per heavy atom. The molecule has 2 atom stereocenters. The smallest absolute Gasteiger partial charge is 0.244 e. The maximum absolute atomic E-state index is 14.2. The van der Waals surface area contributed by atoms with E-state index >= 15 is 0 Å². The molecule has 3 aromatic carbocycles. The minimum absolute atomic E-state index is 0.0543. The molecule has 0 aliphatic rings. The van der Waals surface area contributed by atoms with E-state index in [1.807, 2.05) is 44.2 Å². The van der Waals surface area contributed by atoms with Crippen molar-refractivity contribution in [3.8, 4) is 11.5 Å². The standard InChI is InChI=1S/C31H38ClN3O6S/c1-6-22(2)33-31(37)28(18-23-10-8-7-9-11-23)34(20-24-12-14-25(32)15-13-24)30(36)21-35(42(5,38)39)27-17-16-26(40-3)19-29(27)41-4/h7-17,19,22,28H,6,18,20-21H2,1-5H3,(H,33,37)/t22-,28+/m1/s1. The lowest BCUT2D eigenvalue weighted by Crippen LogP contribution is -2.54. The van der Waals surface area contributed by atoms with Gasteiger partial charge < -0.3 is 19.7 Å². The van der Waals surface area contributed by atoms with E-state index < -0.39 is 28.5 Å². The molecular weight excluding hydrogens is 578 g/mol. The number of carbonyl (C=O) groups is 2. The zero-order valence-electron chi connectivity index (χ0n) is 24.5. The van der Waals surface area contributed by atoms with Crippen molar-refractivity contribution >= 4 is 39.1 Å². The van der Waals surface area contributed by atoms with Crippen molar-refractivity contribution in [3.63, 3.8) is 0 Å². The molecule has 0 aliphatic heterocycles. The summed E-state index contributed by atoms with van der Waals surface area (Å²) in [4.78, 5) is 29.4. The van der Waals surface area contributed by atoms with Gasteiger partial charge in [-0.05, 0) is 48.7 Å². The number of rotatable bonds is 14. The fraction of sp³-hybridized carbons (Fsp3) is 0.355. The second kappa shape index (κ2) is 14.9. The lowest BCUT2D eigenvalue weighted by Gasteiger charge is -2.34. The Labute approximate surface area is 253 Å². The molecule has 0 saturated heterocycles. The zero-order chi connectivity index (χ0) is 30.9. The number of ether oxygens (including phenoxy) is 2. The predicted octanol–water partition coefficient (Wildman–Crippen LogP) is 4.68. The van der Waals surface area contributed by atoms with Crippen LogP contribution in [0.4, 0.5) is 5.69 Å². The first-order chi connectivity index (χ1) is 20.0. The first-order valence-corrected chi connectivity index (χ1v) is 15.8. The Balaban J connectivity index is 2.09. The maximum Gasteiger partial charge on any atom is 0.244 e. The number of sulfonamides is 1. The molecular formula is C31H38ClN3O6S. The minimum Gasteiger partial charge on any atom is -0.497 e. The molecule has 0 heterocycles. The summed E-state index contributed by atoms with van der Waals surface area (Å²) in [5.74, 6) is -0.214. The average molecular weight is 616 g/mol. The molecule has 0 radical (unpaired) electrons. The van der Waals surface area contributed by atoms with Crippen LogP contribution in [-0.4, -0.2) is 64.2 Å². The van der Waals surface area contributed by atoms with Gasteiger partial charge in [0, 0.05) is 30.1 Å². The Hall–Kier alpha value is -3.76. The predicted molar refractivity (Wildman–Crippen MR) is 166 cm³/mol. The minimum atomic E-state index is -3.96. The summed E-state index contributed by atoms with van der Waals surface area (Å²) >= 11 is 6.10. The third-order valence-corrected chi connectivity index (χ3v) is 8.25. The van der Waals surface area contributed by atoms with E-state index in [0.717, 1.165) is 21.7 Å². The van der Waals surface area contributed by atoms with Crippen molar-refractivity contribution < 1.29 is 27.5 Å². The molecule has 0 fully saturated rings. The highest BCUT2D eigenvalue weighted by Gasteiger charge is 2.34. The number of hydrogen-bond donors (Lipinski definition) is 1. The summed E-state index contributed by atoms with van der Waals surface area (Å²) in [7, 11) is -1.07. The van der Waals surface area contributed by atoms with E-state index in [2.05, 4.69) is 5.32 Å². The highest BCUT2D eigenvalue weighted by Crippen LogP contribution is 2.34. The molecule has 0 spiro atoms. The number of hydrogen-bond acceptors (Lipinski definition) is 6. The number of anilines is 1. The van der Waals surface area contributed by atoms with Crippen LogP contribution >= 0.6 is 11.6 Å². The van der Waals surface area contributed by atoms with E-state index in [1.54, 1.807) is 36.4 Å². The van der Waals surface area contributed by atoms with Crippen LogP contribution in [0.2, 0.25) is 5.02 Å². The van der Waals surface area contributed by atoms with Crippen LogP contribution in [0, 0.1) is 0 Å². The summed E-state index contributed by atoms with van der Waals surface area (Å²) in [6, 6.07) is 19.9. The van der Waals surface area contributed by atoms with E-state index in [0.29, 0.717) is 17.2 Å². The van der Waals surface area contributed by atoms with Gasteiger partial charge in [0.25, 0.3) is 0 Å². The van der Waals surface area contributed by atoms with Crippen molar-refractivity contribution in [2.75, 3.05) is 31.3 Å². The zero-order valence-corrected chi connectivity index (χ0v) is 26.1. The first kappa shape index (κ1) is 32.8. The van der Waals surface area contributed by atoms with Crippen molar-refractivity contribution in [2.24, 2.45) is 0 Å². The molecule has 3 aromatic rings. The van der Waals surface area contributed by atoms with Gasteiger partial charge in [0.1, 0.15) is 24.1 Å². The highest BCUT2D eigenvalue weighted by molar-refractivity contribution is 7.92. The Bertz CT molecular complexity index is 1450. The number of nitrogens with one attached hydrogen (secondary N) is 1. The molecule has 3 rings (SSSR count). The number of nitrogens with zero attached hydrogens (tertiary/aromatic N) is 2. The van der Waals surface area contributed by atoms with E-state index in [-0.39, 0.29) is 36.4 Å². The van der Waals surface area contributed by atoms with Crippen LogP contribution in [0.1, 0.15) is 31.4 Å². The number of benzene rings is 3. The van der Waals surface area contributed by atoms with Crippen LogP contribution in [0.5, 0.6) is 11.5 Å². The van der Waals surface area contributed by atoms with Gasteiger partial charge in [0.2, 0.25) is 21.8 Å². The van der Waals surface area contributed by atoms with Crippen molar-refractivity contribution in [1.29, 1.82) is 0 Å². The molecule has 11 heteroatoms. The molecule has 1 N–H and O–H groups in total. The van der Waals surface area contributed by atoms with Gasteiger partial charge in [-0.15, -0.1) is 0 Å². The average Bonchev–Trinajstić information content (AvgIpc) is 2.98. The van der Waals surface area contributed by atoms with Gasteiger partial charge in [0.05, 0.1) is 26.2 Å². The van der Waals surface area contributed by atoms with Crippen LogP contribution in [0.3, 0.4) is 0 Å². The SMILES string of the molecule is CC[C@@H](C)NC(=O)[C@H](Cc1ccccc1)N(Cc1ccc(Cl)cc1)C(=O)CN(c1ccc(OC)cc1OC)S(C)(=O)=O. The third kappa shape index (κ3) is 8.87. The van der Waals surface area contributed by atoms with Crippen molar-refractivity contribution in [1.82, 2.24) is 10.2 Å². The van der Waals surface area contributed by atoms with Crippen LogP contribution in [0.25, 0.3) is 0 Å². The topological polar surface area (TPSA) is 105 Å². The van der Waals surface area contributed by atoms with E-state index in [9.17, 15) is 18.0 Å². The summed E-state index contributed by atoms with van der Waals surface area (Å²) in [6.07, 6.45) is 1.95. The second-order valence-electron chi connectivity index (χ2n) is 9.98. The Kier molecular flexibility index (Phi) is 11.6. The van der Waals surface area contributed by atoms with E-state index in [1.165, 1.54) is 25.2 Å². The molecule has 0 aromatic heterocycles. The quantitative estimate of drug-likeness (QED) is 0.282. The fourth-order valence-corrected chi connectivity index (χ4v) is 5.35. The Morgan fingerprint density at radius 1 is 0.952 bits per heavy atom.